The lowest BCUT2D eigenvalue weighted by atomic mass is 9.98. The van der Waals surface area contributed by atoms with Crippen molar-refractivity contribution in [3.8, 4) is 17.7 Å². The van der Waals surface area contributed by atoms with E-state index in [-0.39, 0.29) is 46.2 Å². The van der Waals surface area contributed by atoms with Crippen molar-refractivity contribution in [2.24, 2.45) is 0 Å². The van der Waals surface area contributed by atoms with Crippen LogP contribution in [0.5, 0.6) is 0 Å². The topological polar surface area (TPSA) is 126 Å². The van der Waals surface area contributed by atoms with Crippen LogP contribution >= 0.6 is 15.9 Å². The van der Waals surface area contributed by atoms with Crippen LogP contribution in [0.25, 0.3) is 11.6 Å². The van der Waals surface area contributed by atoms with Gasteiger partial charge in [-0.1, -0.05) is 15.9 Å². The van der Waals surface area contributed by atoms with Crippen LogP contribution in [-0.4, -0.2) is 49.1 Å². The van der Waals surface area contributed by atoms with Crippen LogP contribution in [-0.2, 0) is 19.1 Å². The van der Waals surface area contributed by atoms with E-state index in [9.17, 15) is 32.8 Å². The molecule has 10 nitrogen and oxygen atoms in total. The Morgan fingerprint density at radius 2 is 1.79 bits per heavy atom. The van der Waals surface area contributed by atoms with Crippen molar-refractivity contribution >= 4 is 27.7 Å². The van der Waals surface area contributed by atoms with E-state index in [1.54, 1.807) is 38.1 Å². The summed E-state index contributed by atoms with van der Waals surface area (Å²) in [5, 5.41) is 16.2. The third-order valence-corrected chi connectivity index (χ3v) is 7.87. The molecule has 3 heterocycles. The molecule has 0 saturated heterocycles. The highest BCUT2D eigenvalue weighted by Crippen LogP contribution is 2.36. The second kappa shape index (κ2) is 11.1. The predicted molar refractivity (Wildman–Crippen MR) is 152 cm³/mol. The summed E-state index contributed by atoms with van der Waals surface area (Å²) < 4.78 is 43.0. The average Bonchev–Trinajstić information content (AvgIpc) is 3.36. The van der Waals surface area contributed by atoms with E-state index in [0.717, 1.165) is 6.07 Å². The van der Waals surface area contributed by atoms with E-state index in [4.69, 9.17) is 4.98 Å². The van der Waals surface area contributed by atoms with Gasteiger partial charge in [-0.2, -0.15) is 23.5 Å². The minimum Gasteiger partial charge on any atom is -0.355 e. The summed E-state index contributed by atoms with van der Waals surface area (Å²) in [6.07, 6.45) is -4.58. The molecule has 4 aromatic rings. The normalized spacial score (nSPS) is 14.7. The van der Waals surface area contributed by atoms with E-state index in [1.807, 2.05) is 6.07 Å². The van der Waals surface area contributed by atoms with Crippen LogP contribution in [0.2, 0.25) is 0 Å². The van der Waals surface area contributed by atoms with Crippen molar-refractivity contribution in [2.75, 3.05) is 7.05 Å². The molecule has 1 atom stereocenters. The van der Waals surface area contributed by atoms with Gasteiger partial charge < -0.3 is 10.2 Å². The molecule has 0 radical (unpaired) electrons. The molecule has 0 aliphatic carbocycles. The second-order valence-electron chi connectivity index (χ2n) is 9.98. The molecule has 0 saturated carbocycles. The van der Waals surface area contributed by atoms with Gasteiger partial charge in [-0.15, -0.1) is 0 Å². The van der Waals surface area contributed by atoms with Gasteiger partial charge in [-0.3, -0.25) is 14.4 Å². The Hall–Kier alpha value is -4.77. The van der Waals surface area contributed by atoms with Crippen LogP contribution in [0.15, 0.2) is 57.8 Å². The zero-order chi connectivity index (χ0) is 31.2. The Labute approximate surface area is 251 Å². The number of aryl methyl sites for hydroxylation is 1. The number of halogens is 4. The number of nitriles is 1. The molecule has 1 N–H and O–H groups in total. The molecule has 0 bridgehead atoms. The maximum absolute atomic E-state index is 14.1. The lowest BCUT2D eigenvalue weighted by Crippen LogP contribution is -2.46. The lowest BCUT2D eigenvalue weighted by molar-refractivity contribution is -0.138. The first-order valence-corrected chi connectivity index (χ1v) is 13.8. The van der Waals surface area contributed by atoms with E-state index in [2.05, 4.69) is 26.3 Å². The van der Waals surface area contributed by atoms with Gasteiger partial charge in [-0.05, 0) is 68.8 Å². The fourth-order valence-electron chi connectivity index (χ4n) is 4.97. The van der Waals surface area contributed by atoms with Crippen molar-refractivity contribution in [1.82, 2.24) is 29.5 Å². The van der Waals surface area contributed by atoms with E-state index in [1.165, 1.54) is 39.4 Å². The van der Waals surface area contributed by atoms with Gasteiger partial charge in [0.1, 0.15) is 6.07 Å². The molecule has 1 unspecified atom stereocenters. The van der Waals surface area contributed by atoms with Gasteiger partial charge in [-0.25, -0.2) is 14.2 Å². The molecule has 220 valence electrons. The fourth-order valence-corrected chi connectivity index (χ4v) is 5.44. The van der Waals surface area contributed by atoms with Crippen molar-refractivity contribution in [3.05, 3.63) is 103 Å². The first-order chi connectivity index (χ1) is 20.3. The number of nitrogens with zero attached hydrogens (tertiary/aromatic N) is 6. The second-order valence-corrected chi connectivity index (χ2v) is 10.8. The number of aromatic nitrogens is 4. The Bertz CT molecular complexity index is 1870. The summed E-state index contributed by atoms with van der Waals surface area (Å²) in [6, 6.07) is 12.5. The number of amides is 2. The lowest BCUT2D eigenvalue weighted by Gasteiger charge is -2.34. The van der Waals surface area contributed by atoms with Crippen molar-refractivity contribution in [1.29, 1.82) is 5.26 Å². The number of carbonyl (C=O) groups is 2. The van der Waals surface area contributed by atoms with Gasteiger partial charge in [0.15, 0.2) is 5.69 Å². The minimum absolute atomic E-state index is 0.0420. The molecule has 5 rings (SSSR count). The number of rotatable bonds is 4. The summed E-state index contributed by atoms with van der Waals surface area (Å²) in [7, 11) is 1.50. The molecule has 1 aliphatic heterocycles. The van der Waals surface area contributed by atoms with Crippen molar-refractivity contribution < 1.29 is 22.8 Å². The maximum Gasteiger partial charge on any atom is 0.417 e. The largest absolute Gasteiger partial charge is 0.417 e. The standard InChI is InChI=1S/C29H23BrF3N7O3/c1-15-11-21-24(14-38(15)26(42)18-6-9-23(30)22(12-18)29(31,32)33)36-28(40-16(2)10-19(13-34)37-40)39(27(21)43)20-7-4-17(5-8-20)25(41)35-3/h4-10,12,15H,11,14H2,1-3H3,(H,35,41). The summed E-state index contributed by atoms with van der Waals surface area (Å²) >= 11 is 2.90. The molecule has 0 spiro atoms. The molecule has 2 aromatic heterocycles. The number of alkyl halides is 3. The van der Waals surface area contributed by atoms with Gasteiger partial charge in [0, 0.05) is 39.9 Å². The number of hydrogen-bond acceptors (Lipinski definition) is 6. The molecule has 2 amide bonds. The zero-order valence-electron chi connectivity index (χ0n) is 23.0. The molecule has 43 heavy (non-hydrogen) atoms. The Morgan fingerprint density at radius 3 is 2.40 bits per heavy atom. The number of carbonyl (C=O) groups excluding carboxylic acids is 2. The van der Waals surface area contributed by atoms with Gasteiger partial charge in [0.25, 0.3) is 17.4 Å². The Kier molecular flexibility index (Phi) is 7.70. The molecule has 14 heteroatoms. The highest BCUT2D eigenvalue weighted by molar-refractivity contribution is 9.10. The summed E-state index contributed by atoms with van der Waals surface area (Å²) in [4.78, 5) is 45.7. The maximum atomic E-state index is 14.1. The number of benzene rings is 2. The van der Waals surface area contributed by atoms with Gasteiger partial charge in [0.05, 0.1) is 23.5 Å². The monoisotopic (exact) mass is 653 g/mol. The number of hydrogen-bond donors (Lipinski definition) is 1. The van der Waals surface area contributed by atoms with Crippen LogP contribution in [0.4, 0.5) is 13.2 Å². The average molecular weight is 654 g/mol. The predicted octanol–water partition coefficient (Wildman–Crippen LogP) is 4.33. The zero-order valence-corrected chi connectivity index (χ0v) is 24.6. The molecule has 2 aromatic carbocycles. The summed E-state index contributed by atoms with van der Waals surface area (Å²) in [5.74, 6) is -0.910. The third kappa shape index (κ3) is 5.43. The van der Waals surface area contributed by atoms with Crippen LogP contribution in [0.1, 0.15) is 55.8 Å². The fraction of sp³-hybridized carbons (Fsp3) is 0.241. The van der Waals surface area contributed by atoms with Gasteiger partial charge >= 0.3 is 6.18 Å². The summed E-state index contributed by atoms with van der Waals surface area (Å²) in [6.45, 7) is 3.25. The Morgan fingerprint density at radius 1 is 1.12 bits per heavy atom. The number of fused-ring (bicyclic) bond motifs is 1. The molecular formula is C29H23BrF3N7O3. The molecule has 1 aliphatic rings. The molecule has 0 fully saturated rings. The smallest absolute Gasteiger partial charge is 0.355 e. The van der Waals surface area contributed by atoms with E-state index < -0.39 is 29.2 Å². The molecular weight excluding hydrogens is 631 g/mol. The quantitative estimate of drug-likeness (QED) is 0.350. The van der Waals surface area contributed by atoms with Crippen molar-refractivity contribution in [3.63, 3.8) is 0 Å². The van der Waals surface area contributed by atoms with Crippen LogP contribution in [0.3, 0.4) is 0 Å². The van der Waals surface area contributed by atoms with E-state index >= 15 is 0 Å². The third-order valence-electron chi connectivity index (χ3n) is 7.18. The van der Waals surface area contributed by atoms with Crippen LogP contribution in [0, 0.1) is 18.3 Å². The van der Waals surface area contributed by atoms with Gasteiger partial charge in [0.2, 0.25) is 5.95 Å². The first-order valence-electron chi connectivity index (χ1n) is 13.0. The summed E-state index contributed by atoms with van der Waals surface area (Å²) in [5.41, 5.74) is 0.365. The van der Waals surface area contributed by atoms with Crippen LogP contribution < -0.4 is 10.9 Å². The van der Waals surface area contributed by atoms with Crippen molar-refractivity contribution in [2.45, 2.75) is 39.0 Å². The first kappa shape index (κ1) is 29.7. The minimum atomic E-state index is -4.67. The SMILES string of the molecule is CNC(=O)c1ccc(-n2c(-n3nc(C#N)cc3C)nc3c(c2=O)CC(C)N(C(=O)c2ccc(Br)c(C(F)(F)F)c2)C3)cc1. The highest BCUT2D eigenvalue weighted by Gasteiger charge is 2.36. The number of nitrogens with one attached hydrogen (secondary N) is 1. The Balaban J connectivity index is 1.63. The van der Waals surface area contributed by atoms with E-state index in [0.29, 0.717) is 22.5 Å². The highest BCUT2D eigenvalue weighted by atomic mass is 79.9.